The summed E-state index contributed by atoms with van der Waals surface area (Å²) in [7, 11) is 0. The maximum Gasteiger partial charge on any atom is 0.271 e. The molecule has 0 aliphatic rings. The van der Waals surface area contributed by atoms with E-state index < -0.39 is 0 Å². The second-order valence-corrected chi connectivity index (χ2v) is 6.23. The minimum Gasteiger partial charge on any atom is -0.369 e. The van der Waals surface area contributed by atoms with Crippen molar-refractivity contribution in [2.24, 2.45) is 0 Å². The molecule has 0 fully saturated rings. The molecule has 0 saturated heterocycles. The molecule has 0 spiro atoms. The number of rotatable bonds is 7. The van der Waals surface area contributed by atoms with Crippen LogP contribution >= 0.6 is 22.9 Å². The summed E-state index contributed by atoms with van der Waals surface area (Å²) >= 11 is 7.39. The molecule has 0 aliphatic heterocycles. The van der Waals surface area contributed by atoms with Crippen molar-refractivity contribution in [3.63, 3.8) is 0 Å². The van der Waals surface area contributed by atoms with Crippen LogP contribution in [0.1, 0.15) is 28.7 Å². The van der Waals surface area contributed by atoms with Gasteiger partial charge in [0.1, 0.15) is 11.5 Å². The maximum atomic E-state index is 12.0. The highest BCUT2D eigenvalue weighted by molar-refractivity contribution is 7.16. The fraction of sp³-hybridized carbons (Fsp3) is 0.357. The van der Waals surface area contributed by atoms with Crippen LogP contribution in [0.2, 0.25) is 4.34 Å². The summed E-state index contributed by atoms with van der Waals surface area (Å²) in [4.78, 5) is 21.4. The highest BCUT2D eigenvalue weighted by atomic mass is 35.5. The van der Waals surface area contributed by atoms with Gasteiger partial charge in [-0.1, -0.05) is 18.5 Å². The quantitative estimate of drug-likeness (QED) is 0.821. The van der Waals surface area contributed by atoms with Crippen LogP contribution in [-0.4, -0.2) is 29.0 Å². The lowest BCUT2D eigenvalue weighted by Gasteiger charge is -2.06. The number of nitrogens with zero attached hydrogens (tertiary/aromatic N) is 2. The highest BCUT2D eigenvalue weighted by Gasteiger charge is 2.08. The Bertz CT molecular complexity index is 602. The molecule has 0 aliphatic carbocycles. The number of hydrogen-bond donors (Lipinski definition) is 2. The lowest BCUT2D eigenvalue weighted by atomic mass is 10.3. The fourth-order valence-electron chi connectivity index (χ4n) is 1.69. The van der Waals surface area contributed by atoms with E-state index in [2.05, 4.69) is 27.5 Å². The van der Waals surface area contributed by atoms with Crippen molar-refractivity contribution >= 4 is 34.7 Å². The standard InChI is InChI=1S/C14H17ClN4OS/c1-2-6-17-13-9-16-8-11(19-13)14(20)18-7-5-10-3-4-12(15)21-10/h3-4,8-9H,2,5-7H2,1H3,(H,17,19)(H,18,20). The second kappa shape index (κ2) is 7.95. The average molecular weight is 325 g/mol. The zero-order valence-corrected chi connectivity index (χ0v) is 13.3. The minimum atomic E-state index is -0.217. The van der Waals surface area contributed by atoms with Gasteiger partial charge in [-0.3, -0.25) is 9.78 Å². The monoisotopic (exact) mass is 324 g/mol. The van der Waals surface area contributed by atoms with E-state index >= 15 is 0 Å². The first-order valence-corrected chi connectivity index (χ1v) is 7.97. The number of nitrogens with one attached hydrogen (secondary N) is 2. The molecule has 0 bridgehead atoms. The van der Waals surface area contributed by atoms with Gasteiger partial charge in [-0.2, -0.15) is 0 Å². The average Bonchev–Trinajstić information content (AvgIpc) is 2.91. The first kappa shape index (κ1) is 15.7. The molecule has 0 radical (unpaired) electrons. The topological polar surface area (TPSA) is 66.9 Å². The van der Waals surface area contributed by atoms with Crippen molar-refractivity contribution in [2.45, 2.75) is 19.8 Å². The zero-order valence-electron chi connectivity index (χ0n) is 11.7. The number of aromatic nitrogens is 2. The number of anilines is 1. The van der Waals surface area contributed by atoms with Crippen molar-refractivity contribution in [1.82, 2.24) is 15.3 Å². The molecular weight excluding hydrogens is 308 g/mol. The summed E-state index contributed by atoms with van der Waals surface area (Å²) in [5.74, 6) is 0.403. The van der Waals surface area contributed by atoms with Crippen LogP contribution in [0.5, 0.6) is 0 Å². The Morgan fingerprint density at radius 2 is 2.19 bits per heavy atom. The predicted octanol–water partition coefficient (Wildman–Crippen LogP) is 2.99. The summed E-state index contributed by atoms with van der Waals surface area (Å²) in [6, 6.07) is 3.83. The van der Waals surface area contributed by atoms with Gasteiger partial charge in [-0.15, -0.1) is 11.3 Å². The van der Waals surface area contributed by atoms with E-state index in [9.17, 15) is 4.79 Å². The number of amides is 1. The summed E-state index contributed by atoms with van der Waals surface area (Å²) in [5, 5.41) is 5.94. The molecule has 7 heteroatoms. The molecule has 0 saturated carbocycles. The molecule has 2 rings (SSSR count). The molecule has 2 heterocycles. The second-order valence-electron chi connectivity index (χ2n) is 4.43. The third kappa shape index (κ3) is 4.99. The third-order valence-corrected chi connectivity index (χ3v) is 4.00. The number of hydrogen-bond acceptors (Lipinski definition) is 5. The van der Waals surface area contributed by atoms with E-state index in [1.165, 1.54) is 17.5 Å². The van der Waals surface area contributed by atoms with Gasteiger partial charge < -0.3 is 10.6 Å². The van der Waals surface area contributed by atoms with E-state index in [-0.39, 0.29) is 5.91 Å². The van der Waals surface area contributed by atoms with Gasteiger partial charge in [-0.05, 0) is 25.0 Å². The number of carbonyl (C=O) groups excluding carboxylic acids is 1. The van der Waals surface area contributed by atoms with Crippen LogP contribution in [0.3, 0.4) is 0 Å². The molecule has 2 aromatic heterocycles. The van der Waals surface area contributed by atoms with E-state index in [4.69, 9.17) is 11.6 Å². The third-order valence-electron chi connectivity index (χ3n) is 2.71. The van der Waals surface area contributed by atoms with E-state index in [1.807, 2.05) is 12.1 Å². The smallest absolute Gasteiger partial charge is 0.271 e. The molecule has 21 heavy (non-hydrogen) atoms. The van der Waals surface area contributed by atoms with Crippen molar-refractivity contribution < 1.29 is 4.79 Å². The number of thiophene rings is 1. The molecule has 112 valence electrons. The van der Waals surface area contributed by atoms with Crippen LogP contribution in [0, 0.1) is 0 Å². The first-order chi connectivity index (χ1) is 10.2. The number of halogens is 1. The summed E-state index contributed by atoms with van der Waals surface area (Å²) in [6.45, 7) is 3.41. The first-order valence-electron chi connectivity index (χ1n) is 6.77. The molecule has 1 amide bonds. The molecule has 2 aromatic rings. The molecule has 0 atom stereocenters. The lowest BCUT2D eigenvalue weighted by Crippen LogP contribution is -2.26. The molecule has 0 unspecified atom stereocenters. The van der Waals surface area contributed by atoms with Crippen molar-refractivity contribution in [1.29, 1.82) is 0 Å². The minimum absolute atomic E-state index is 0.217. The molecule has 0 aromatic carbocycles. The largest absolute Gasteiger partial charge is 0.369 e. The van der Waals surface area contributed by atoms with Crippen molar-refractivity contribution in [2.75, 3.05) is 18.4 Å². The van der Waals surface area contributed by atoms with Gasteiger partial charge in [0.2, 0.25) is 0 Å². The van der Waals surface area contributed by atoms with Crippen molar-refractivity contribution in [3.05, 3.63) is 39.4 Å². The van der Waals surface area contributed by atoms with Gasteiger partial charge in [0.05, 0.1) is 16.7 Å². The van der Waals surface area contributed by atoms with Crippen molar-refractivity contribution in [3.8, 4) is 0 Å². The molecular formula is C14H17ClN4OS. The molecule has 5 nitrogen and oxygen atoms in total. The van der Waals surface area contributed by atoms with E-state index in [0.29, 0.717) is 18.1 Å². The highest BCUT2D eigenvalue weighted by Crippen LogP contribution is 2.21. The van der Waals surface area contributed by atoms with Crippen LogP contribution in [-0.2, 0) is 6.42 Å². The Kier molecular flexibility index (Phi) is 5.95. The van der Waals surface area contributed by atoms with Crippen LogP contribution in [0.4, 0.5) is 5.82 Å². The van der Waals surface area contributed by atoms with Gasteiger partial charge >= 0.3 is 0 Å². The van der Waals surface area contributed by atoms with Crippen LogP contribution in [0.15, 0.2) is 24.5 Å². The fourth-order valence-corrected chi connectivity index (χ4v) is 2.78. The van der Waals surface area contributed by atoms with E-state index in [1.54, 1.807) is 6.20 Å². The summed E-state index contributed by atoms with van der Waals surface area (Å²) in [5.41, 5.74) is 0.320. The Hall–Kier alpha value is -1.66. The Labute approximate surface area is 132 Å². The SMILES string of the molecule is CCCNc1cncc(C(=O)NCCc2ccc(Cl)s2)n1. The summed E-state index contributed by atoms with van der Waals surface area (Å²) < 4.78 is 0.761. The van der Waals surface area contributed by atoms with Crippen LogP contribution < -0.4 is 10.6 Å². The van der Waals surface area contributed by atoms with Gasteiger partial charge in [0, 0.05) is 18.0 Å². The molecule has 2 N–H and O–H groups in total. The Morgan fingerprint density at radius 1 is 1.33 bits per heavy atom. The van der Waals surface area contributed by atoms with Gasteiger partial charge in [0.25, 0.3) is 5.91 Å². The predicted molar refractivity (Wildman–Crippen MR) is 86.2 cm³/mol. The zero-order chi connectivity index (χ0) is 15.1. The maximum absolute atomic E-state index is 12.0. The summed E-state index contributed by atoms with van der Waals surface area (Å²) in [6.07, 6.45) is 4.82. The van der Waals surface area contributed by atoms with E-state index in [0.717, 1.165) is 28.6 Å². The van der Waals surface area contributed by atoms with Gasteiger partial charge in [0.15, 0.2) is 0 Å². The Morgan fingerprint density at radius 3 is 2.90 bits per heavy atom. The Balaban J connectivity index is 1.85. The number of carbonyl (C=O) groups is 1. The van der Waals surface area contributed by atoms with Gasteiger partial charge in [-0.25, -0.2) is 4.98 Å². The van der Waals surface area contributed by atoms with Crippen LogP contribution in [0.25, 0.3) is 0 Å². The normalized spacial score (nSPS) is 10.4. The lowest BCUT2D eigenvalue weighted by molar-refractivity contribution is 0.0949.